The molecule has 0 bridgehead atoms. The summed E-state index contributed by atoms with van der Waals surface area (Å²) < 4.78 is 1.80. The lowest BCUT2D eigenvalue weighted by molar-refractivity contribution is -0.00409. The van der Waals surface area contributed by atoms with Gasteiger partial charge in [0.05, 0.1) is 11.8 Å². The van der Waals surface area contributed by atoms with E-state index in [-0.39, 0.29) is 5.54 Å². The van der Waals surface area contributed by atoms with Crippen molar-refractivity contribution in [2.75, 3.05) is 6.54 Å². The maximum absolute atomic E-state index is 9.97. The zero-order chi connectivity index (χ0) is 12.4. The molecule has 1 rings (SSSR count). The summed E-state index contributed by atoms with van der Waals surface area (Å²) in [6.45, 7) is 8.50. The molecule has 0 aromatic carbocycles. The van der Waals surface area contributed by atoms with Crippen molar-refractivity contribution in [2.24, 2.45) is 7.05 Å². The molecule has 0 aliphatic heterocycles. The third kappa shape index (κ3) is 3.32. The normalized spacial score (nSPS) is 13.1. The predicted molar refractivity (Wildman–Crippen MR) is 65.3 cm³/mol. The smallest absolute Gasteiger partial charge is 0.0767 e. The average Bonchev–Trinajstić information content (AvgIpc) is 2.49. The number of aryl methyl sites for hydroxylation is 1. The van der Waals surface area contributed by atoms with E-state index in [1.807, 2.05) is 47.1 Å². The van der Waals surface area contributed by atoms with Gasteiger partial charge >= 0.3 is 0 Å². The molecule has 16 heavy (non-hydrogen) atoms. The summed E-state index contributed by atoms with van der Waals surface area (Å²) in [5.41, 5.74) is 0.179. The molecular formula is C12H23N3O. The van der Waals surface area contributed by atoms with Gasteiger partial charge in [0.2, 0.25) is 0 Å². The number of nitrogens with one attached hydrogen (secondary N) is 1. The quantitative estimate of drug-likeness (QED) is 0.789. The standard InChI is InChI=1S/C12H23N3O/c1-11(2,12(3,4)16)13-7-6-10-8-14-15(5)9-10/h8-9,13,16H,6-7H2,1-5H3. The number of hydrogen-bond donors (Lipinski definition) is 2. The number of aromatic nitrogens is 2. The highest BCUT2D eigenvalue weighted by Gasteiger charge is 2.33. The minimum Gasteiger partial charge on any atom is -0.389 e. The van der Waals surface area contributed by atoms with E-state index in [0.717, 1.165) is 13.0 Å². The van der Waals surface area contributed by atoms with Crippen molar-refractivity contribution in [3.63, 3.8) is 0 Å². The molecule has 1 aromatic heterocycles. The Morgan fingerprint density at radius 2 is 2.00 bits per heavy atom. The molecule has 4 heteroatoms. The molecule has 0 aliphatic carbocycles. The molecule has 2 N–H and O–H groups in total. The first-order valence-electron chi connectivity index (χ1n) is 5.67. The van der Waals surface area contributed by atoms with Crippen molar-refractivity contribution in [3.8, 4) is 0 Å². The van der Waals surface area contributed by atoms with Crippen LogP contribution in [0.25, 0.3) is 0 Å². The maximum atomic E-state index is 9.97. The lowest BCUT2D eigenvalue weighted by Crippen LogP contribution is -2.56. The van der Waals surface area contributed by atoms with Crippen LogP contribution in [0.2, 0.25) is 0 Å². The summed E-state index contributed by atoms with van der Waals surface area (Å²) in [7, 11) is 1.91. The summed E-state index contributed by atoms with van der Waals surface area (Å²) in [5.74, 6) is 0. The SMILES string of the molecule is Cn1cc(CCNC(C)(C)C(C)(C)O)cn1. The highest BCUT2D eigenvalue weighted by molar-refractivity contribution is 5.04. The van der Waals surface area contributed by atoms with Crippen LogP contribution >= 0.6 is 0 Å². The molecule has 1 aromatic rings. The molecule has 0 radical (unpaired) electrons. The van der Waals surface area contributed by atoms with Crippen LogP contribution in [0.3, 0.4) is 0 Å². The lowest BCUT2D eigenvalue weighted by atomic mass is 9.86. The Hall–Kier alpha value is -0.870. The van der Waals surface area contributed by atoms with E-state index in [4.69, 9.17) is 0 Å². The maximum Gasteiger partial charge on any atom is 0.0767 e. The molecular weight excluding hydrogens is 202 g/mol. The molecule has 0 aliphatic rings. The summed E-state index contributed by atoms with van der Waals surface area (Å²) in [6.07, 6.45) is 4.81. The number of nitrogens with zero attached hydrogens (tertiary/aromatic N) is 2. The Bertz CT molecular complexity index is 336. The number of aliphatic hydroxyl groups is 1. The zero-order valence-electron chi connectivity index (χ0n) is 10.9. The van der Waals surface area contributed by atoms with Crippen LogP contribution in [-0.2, 0) is 13.5 Å². The highest BCUT2D eigenvalue weighted by atomic mass is 16.3. The largest absolute Gasteiger partial charge is 0.389 e. The molecule has 0 amide bonds. The average molecular weight is 225 g/mol. The van der Waals surface area contributed by atoms with Gasteiger partial charge in [-0.3, -0.25) is 4.68 Å². The van der Waals surface area contributed by atoms with E-state index in [9.17, 15) is 5.11 Å². The Morgan fingerprint density at radius 3 is 2.44 bits per heavy atom. The Kier molecular flexibility index (Phi) is 3.76. The van der Waals surface area contributed by atoms with E-state index in [1.54, 1.807) is 4.68 Å². The second-order valence-electron chi connectivity index (χ2n) is 5.38. The first-order valence-corrected chi connectivity index (χ1v) is 5.67. The molecule has 0 saturated carbocycles. The monoisotopic (exact) mass is 225 g/mol. The zero-order valence-corrected chi connectivity index (χ0v) is 10.9. The third-order valence-electron chi connectivity index (χ3n) is 3.27. The van der Waals surface area contributed by atoms with E-state index in [1.165, 1.54) is 5.56 Å². The second-order valence-corrected chi connectivity index (χ2v) is 5.38. The van der Waals surface area contributed by atoms with Gasteiger partial charge in [-0.15, -0.1) is 0 Å². The van der Waals surface area contributed by atoms with Crippen LogP contribution < -0.4 is 5.32 Å². The van der Waals surface area contributed by atoms with E-state index in [2.05, 4.69) is 10.4 Å². The van der Waals surface area contributed by atoms with Gasteiger partial charge in [-0.2, -0.15) is 5.10 Å². The van der Waals surface area contributed by atoms with Gasteiger partial charge in [0, 0.05) is 18.8 Å². The van der Waals surface area contributed by atoms with Gasteiger partial charge in [0.15, 0.2) is 0 Å². The van der Waals surface area contributed by atoms with E-state index in [0.29, 0.717) is 0 Å². The van der Waals surface area contributed by atoms with Crippen LogP contribution in [0.15, 0.2) is 12.4 Å². The molecule has 1 heterocycles. The Labute approximate surface area is 97.7 Å². The topological polar surface area (TPSA) is 50.1 Å². The summed E-state index contributed by atoms with van der Waals surface area (Å²) in [6, 6.07) is 0. The summed E-state index contributed by atoms with van der Waals surface area (Å²) >= 11 is 0. The predicted octanol–water partition coefficient (Wildman–Crippen LogP) is 1.10. The third-order valence-corrected chi connectivity index (χ3v) is 3.27. The van der Waals surface area contributed by atoms with Crippen molar-refractivity contribution in [1.29, 1.82) is 0 Å². The van der Waals surface area contributed by atoms with Crippen LogP contribution in [-0.4, -0.2) is 32.6 Å². The number of hydrogen-bond acceptors (Lipinski definition) is 3. The number of rotatable bonds is 5. The van der Waals surface area contributed by atoms with Crippen LogP contribution in [0.4, 0.5) is 0 Å². The Balaban J connectivity index is 2.41. The molecule has 0 unspecified atom stereocenters. The first-order chi connectivity index (χ1) is 7.22. The van der Waals surface area contributed by atoms with Gasteiger partial charge in [-0.05, 0) is 46.2 Å². The fourth-order valence-electron chi connectivity index (χ4n) is 1.34. The van der Waals surface area contributed by atoms with Crippen LogP contribution in [0.5, 0.6) is 0 Å². The van der Waals surface area contributed by atoms with Gasteiger partial charge in [0.25, 0.3) is 0 Å². The molecule has 0 spiro atoms. The fraction of sp³-hybridized carbons (Fsp3) is 0.750. The van der Waals surface area contributed by atoms with Gasteiger partial charge in [0.1, 0.15) is 0 Å². The van der Waals surface area contributed by atoms with Gasteiger partial charge < -0.3 is 10.4 Å². The minimum absolute atomic E-state index is 0.296. The molecule has 92 valence electrons. The van der Waals surface area contributed by atoms with E-state index >= 15 is 0 Å². The van der Waals surface area contributed by atoms with Crippen molar-refractivity contribution in [2.45, 2.75) is 45.3 Å². The Morgan fingerprint density at radius 1 is 1.38 bits per heavy atom. The van der Waals surface area contributed by atoms with Gasteiger partial charge in [-0.25, -0.2) is 0 Å². The van der Waals surface area contributed by atoms with Crippen molar-refractivity contribution < 1.29 is 5.11 Å². The van der Waals surface area contributed by atoms with Crippen LogP contribution in [0, 0.1) is 0 Å². The fourth-order valence-corrected chi connectivity index (χ4v) is 1.34. The first kappa shape index (κ1) is 13.2. The summed E-state index contributed by atoms with van der Waals surface area (Å²) in [4.78, 5) is 0. The minimum atomic E-state index is -0.734. The van der Waals surface area contributed by atoms with Crippen molar-refractivity contribution >= 4 is 0 Å². The lowest BCUT2D eigenvalue weighted by Gasteiger charge is -2.38. The summed E-state index contributed by atoms with van der Waals surface area (Å²) in [5, 5.41) is 17.5. The molecule has 4 nitrogen and oxygen atoms in total. The van der Waals surface area contributed by atoms with Gasteiger partial charge in [-0.1, -0.05) is 0 Å². The molecule has 0 saturated heterocycles. The van der Waals surface area contributed by atoms with E-state index < -0.39 is 5.60 Å². The second kappa shape index (κ2) is 4.55. The molecule has 0 atom stereocenters. The van der Waals surface area contributed by atoms with Crippen LogP contribution in [0.1, 0.15) is 33.3 Å². The van der Waals surface area contributed by atoms with Crippen molar-refractivity contribution in [1.82, 2.24) is 15.1 Å². The van der Waals surface area contributed by atoms with Crippen molar-refractivity contribution in [3.05, 3.63) is 18.0 Å². The molecule has 0 fully saturated rings. The highest BCUT2D eigenvalue weighted by Crippen LogP contribution is 2.20.